The van der Waals surface area contributed by atoms with E-state index < -0.39 is 0 Å². The summed E-state index contributed by atoms with van der Waals surface area (Å²) in [7, 11) is 0. The molecule has 3 fully saturated rings. The number of halogens is 1. The van der Waals surface area contributed by atoms with Crippen LogP contribution in [-0.2, 0) is 16.1 Å². The first-order valence-electron chi connectivity index (χ1n) is 10.4. The summed E-state index contributed by atoms with van der Waals surface area (Å²) in [5.74, 6) is 0.610. The Morgan fingerprint density at radius 1 is 1.07 bits per heavy atom. The maximum Gasteiger partial charge on any atom is 0.241 e. The van der Waals surface area contributed by atoms with Crippen molar-refractivity contribution < 1.29 is 9.59 Å². The molecule has 3 aliphatic rings. The number of piperidine rings is 1. The number of hydrazine groups is 1. The second-order valence-electron chi connectivity index (χ2n) is 8.23. The van der Waals surface area contributed by atoms with Gasteiger partial charge in [-0.3, -0.25) is 15.0 Å². The summed E-state index contributed by atoms with van der Waals surface area (Å²) in [4.78, 5) is 27.5. The van der Waals surface area contributed by atoms with Crippen LogP contribution in [0.1, 0.15) is 44.1 Å². The van der Waals surface area contributed by atoms with Crippen LogP contribution in [0.3, 0.4) is 0 Å². The van der Waals surface area contributed by atoms with Crippen molar-refractivity contribution in [1.29, 1.82) is 0 Å². The van der Waals surface area contributed by atoms with Crippen molar-refractivity contribution in [2.24, 2.45) is 11.8 Å². The molecule has 1 aliphatic carbocycles. The molecule has 1 aromatic rings. The Morgan fingerprint density at radius 2 is 1.82 bits per heavy atom. The van der Waals surface area contributed by atoms with Gasteiger partial charge in [-0.2, -0.15) is 0 Å². The van der Waals surface area contributed by atoms with E-state index in [1.165, 1.54) is 12.8 Å². The molecule has 2 saturated heterocycles. The van der Waals surface area contributed by atoms with Gasteiger partial charge in [0.05, 0.1) is 0 Å². The molecule has 2 aliphatic heterocycles. The van der Waals surface area contributed by atoms with Crippen LogP contribution in [0, 0.1) is 11.8 Å². The number of benzene rings is 1. The van der Waals surface area contributed by atoms with Gasteiger partial charge in [-0.05, 0) is 37.3 Å². The molecule has 0 radical (unpaired) electrons. The summed E-state index contributed by atoms with van der Waals surface area (Å²) >= 11 is 6.15. The summed E-state index contributed by atoms with van der Waals surface area (Å²) in [6.45, 7) is 1.75. The van der Waals surface area contributed by atoms with Gasteiger partial charge in [0.25, 0.3) is 0 Å². The smallest absolute Gasteiger partial charge is 0.241 e. The molecule has 1 aromatic carbocycles. The number of nitrogens with one attached hydrogen (secondary N) is 3. The van der Waals surface area contributed by atoms with Crippen LogP contribution in [0.2, 0.25) is 5.02 Å². The average Bonchev–Trinajstić information content (AvgIpc) is 3.17. The van der Waals surface area contributed by atoms with Gasteiger partial charge in [-0.15, -0.1) is 0 Å². The maximum atomic E-state index is 13.0. The van der Waals surface area contributed by atoms with Gasteiger partial charge >= 0.3 is 0 Å². The lowest BCUT2D eigenvalue weighted by Gasteiger charge is -2.35. The molecule has 6 nitrogen and oxygen atoms in total. The molecule has 0 aromatic heterocycles. The first-order chi connectivity index (χ1) is 13.6. The molecule has 2 amide bonds. The molecule has 3 N–H and O–H groups in total. The fraction of sp³-hybridized carbons (Fsp3) is 0.619. The molecule has 3 atom stereocenters. The van der Waals surface area contributed by atoms with Gasteiger partial charge in [-0.1, -0.05) is 42.6 Å². The van der Waals surface area contributed by atoms with E-state index in [-0.39, 0.29) is 23.8 Å². The largest absolute Gasteiger partial charge is 0.352 e. The van der Waals surface area contributed by atoms with Crippen molar-refractivity contribution in [3.8, 4) is 0 Å². The number of carbonyl (C=O) groups is 2. The third kappa shape index (κ3) is 4.19. The van der Waals surface area contributed by atoms with Crippen LogP contribution in [0.15, 0.2) is 24.3 Å². The lowest BCUT2D eigenvalue weighted by molar-refractivity contribution is -0.138. The number of fused-ring (bicyclic) bond motifs is 1. The number of hydrogen-bond donors (Lipinski definition) is 3. The van der Waals surface area contributed by atoms with Crippen LogP contribution in [0.4, 0.5) is 0 Å². The molecule has 28 heavy (non-hydrogen) atoms. The molecule has 0 spiro atoms. The SMILES string of the molecule is O=C(NCc1ccccc1Cl)C1CCN(C(=O)C2NNC3CCCCC32)CC1. The Kier molecular flexibility index (Phi) is 6.19. The zero-order valence-electron chi connectivity index (χ0n) is 16.1. The van der Waals surface area contributed by atoms with E-state index >= 15 is 0 Å². The average molecular weight is 405 g/mol. The minimum atomic E-state index is -0.115. The van der Waals surface area contributed by atoms with Crippen molar-refractivity contribution in [3.05, 3.63) is 34.9 Å². The van der Waals surface area contributed by atoms with Crippen LogP contribution < -0.4 is 16.2 Å². The Balaban J connectivity index is 1.25. The molecule has 2 heterocycles. The van der Waals surface area contributed by atoms with Crippen molar-refractivity contribution in [2.45, 2.75) is 57.2 Å². The maximum absolute atomic E-state index is 13.0. The predicted octanol–water partition coefficient (Wildman–Crippen LogP) is 2.23. The highest BCUT2D eigenvalue weighted by Gasteiger charge is 2.43. The van der Waals surface area contributed by atoms with E-state index in [4.69, 9.17) is 11.6 Å². The number of amides is 2. The fourth-order valence-electron chi connectivity index (χ4n) is 4.81. The molecular weight excluding hydrogens is 376 g/mol. The van der Waals surface area contributed by atoms with Crippen molar-refractivity contribution in [3.63, 3.8) is 0 Å². The number of hydrogen-bond acceptors (Lipinski definition) is 4. The summed E-state index contributed by atoms with van der Waals surface area (Å²) in [5, 5.41) is 3.67. The Morgan fingerprint density at radius 3 is 2.61 bits per heavy atom. The Bertz CT molecular complexity index is 720. The van der Waals surface area contributed by atoms with E-state index in [0.29, 0.717) is 49.5 Å². The number of carbonyl (C=O) groups excluding carboxylic acids is 2. The second kappa shape index (κ2) is 8.80. The third-order valence-corrected chi connectivity index (χ3v) is 6.89. The predicted molar refractivity (Wildman–Crippen MR) is 108 cm³/mol. The van der Waals surface area contributed by atoms with Crippen LogP contribution in [-0.4, -0.2) is 41.9 Å². The molecule has 3 unspecified atom stereocenters. The van der Waals surface area contributed by atoms with Crippen LogP contribution in [0.5, 0.6) is 0 Å². The highest BCUT2D eigenvalue weighted by atomic mass is 35.5. The van der Waals surface area contributed by atoms with Gasteiger partial charge in [0, 0.05) is 42.5 Å². The summed E-state index contributed by atoms with van der Waals surface area (Å²) in [6.07, 6.45) is 6.15. The van der Waals surface area contributed by atoms with Crippen LogP contribution in [0.25, 0.3) is 0 Å². The first kappa shape index (κ1) is 19.7. The highest BCUT2D eigenvalue weighted by molar-refractivity contribution is 6.31. The zero-order chi connectivity index (χ0) is 19.5. The number of nitrogens with zero attached hydrogens (tertiary/aromatic N) is 1. The lowest BCUT2D eigenvalue weighted by atomic mass is 9.81. The van der Waals surface area contributed by atoms with Crippen molar-refractivity contribution in [2.75, 3.05) is 13.1 Å². The quantitative estimate of drug-likeness (QED) is 0.719. The van der Waals surface area contributed by atoms with Gasteiger partial charge in [0.1, 0.15) is 6.04 Å². The number of likely N-dealkylation sites (tertiary alicyclic amines) is 1. The molecular formula is C21H29ClN4O2. The summed E-state index contributed by atoms with van der Waals surface area (Å²) in [5.41, 5.74) is 7.48. The monoisotopic (exact) mass is 404 g/mol. The normalized spacial score (nSPS) is 28.0. The minimum Gasteiger partial charge on any atom is -0.352 e. The molecule has 0 bridgehead atoms. The number of rotatable bonds is 4. The molecule has 4 rings (SSSR count). The molecule has 152 valence electrons. The summed E-state index contributed by atoms with van der Waals surface area (Å²) in [6, 6.07) is 7.86. The van der Waals surface area contributed by atoms with Gasteiger partial charge in [0.2, 0.25) is 11.8 Å². The molecule has 1 saturated carbocycles. The third-order valence-electron chi connectivity index (χ3n) is 6.53. The topological polar surface area (TPSA) is 73.5 Å². The van der Waals surface area contributed by atoms with E-state index in [0.717, 1.165) is 18.4 Å². The summed E-state index contributed by atoms with van der Waals surface area (Å²) < 4.78 is 0. The van der Waals surface area contributed by atoms with E-state index in [1.807, 2.05) is 29.2 Å². The van der Waals surface area contributed by atoms with E-state index in [1.54, 1.807) is 0 Å². The second-order valence-corrected chi connectivity index (χ2v) is 8.64. The standard InChI is InChI=1S/C21H29ClN4O2/c22-17-7-3-1-5-15(17)13-23-20(27)14-9-11-26(12-10-14)21(28)19-16-6-2-4-8-18(16)24-25-19/h1,3,5,7,14,16,18-19,24-25H,2,4,6,8-13H2,(H,23,27). The fourth-order valence-corrected chi connectivity index (χ4v) is 5.02. The van der Waals surface area contributed by atoms with E-state index in [9.17, 15) is 9.59 Å². The van der Waals surface area contributed by atoms with Gasteiger partial charge in [0.15, 0.2) is 0 Å². The Hall–Kier alpha value is -1.63. The van der Waals surface area contributed by atoms with E-state index in [2.05, 4.69) is 16.2 Å². The lowest BCUT2D eigenvalue weighted by Crippen LogP contribution is -2.51. The van der Waals surface area contributed by atoms with Crippen LogP contribution >= 0.6 is 11.6 Å². The van der Waals surface area contributed by atoms with Gasteiger partial charge < -0.3 is 10.2 Å². The first-order valence-corrected chi connectivity index (χ1v) is 10.8. The van der Waals surface area contributed by atoms with Crippen molar-refractivity contribution >= 4 is 23.4 Å². The zero-order valence-corrected chi connectivity index (χ0v) is 16.9. The highest BCUT2D eigenvalue weighted by Crippen LogP contribution is 2.31. The molecule has 7 heteroatoms. The Labute approximate surface area is 171 Å². The van der Waals surface area contributed by atoms with Gasteiger partial charge in [-0.25, -0.2) is 5.43 Å². The van der Waals surface area contributed by atoms with Crippen molar-refractivity contribution in [1.82, 2.24) is 21.1 Å². The minimum absolute atomic E-state index is 0.0383.